The maximum atomic E-state index is 8.76. The van der Waals surface area contributed by atoms with Gasteiger partial charge < -0.3 is 23.7 Å². The van der Waals surface area contributed by atoms with Crippen molar-refractivity contribution in [3.63, 3.8) is 0 Å². The van der Waals surface area contributed by atoms with Gasteiger partial charge in [-0.25, -0.2) is 14.4 Å². The third kappa shape index (κ3) is 2140. The second-order valence-electron chi connectivity index (χ2n) is 0.661. The van der Waals surface area contributed by atoms with Gasteiger partial charge in [-0.05, 0) is 0 Å². The van der Waals surface area contributed by atoms with E-state index in [-0.39, 0.29) is 6.15 Å². The topological polar surface area (TPSA) is 201 Å². The first kappa shape index (κ1) is 22.4. The monoisotopic (exact) mass is 191 g/mol. The van der Waals surface area contributed by atoms with Gasteiger partial charge in [0, 0.05) is 0 Å². The lowest BCUT2D eigenvalue weighted by Crippen LogP contribution is -1.71. The first-order valence-electron chi connectivity index (χ1n) is 2.06. The van der Waals surface area contributed by atoms with E-state index in [1.807, 2.05) is 0 Å². The summed E-state index contributed by atoms with van der Waals surface area (Å²) in [4.78, 5) is 26.3. The highest BCUT2D eigenvalue weighted by molar-refractivity contribution is 5.32. The van der Waals surface area contributed by atoms with Crippen molar-refractivity contribution < 1.29 is 14.4 Å². The Morgan fingerprint density at radius 1 is 0.692 bits per heavy atom. The van der Waals surface area contributed by atoms with Crippen LogP contribution in [0.25, 0.3) is 0 Å². The molecule has 0 atom stereocenters. The number of carbonyl (C=O) groups excluding carboxylic acids is 3. The summed E-state index contributed by atoms with van der Waals surface area (Å²) in [7, 11) is 0. The standard InChI is InChI=1S/3CH2N2O.H3N/c3*2-3-1-4;/h3*2H2;1H3. The second kappa shape index (κ2) is 56.0. The summed E-state index contributed by atoms with van der Waals surface area (Å²) < 4.78 is 0. The maximum absolute atomic E-state index is 8.76. The lowest BCUT2D eigenvalue weighted by molar-refractivity contribution is 0.562. The molecule has 0 aromatic rings. The number of rotatable bonds is 0. The van der Waals surface area contributed by atoms with Gasteiger partial charge in [0.2, 0.25) is 0 Å². The first-order valence-corrected chi connectivity index (χ1v) is 2.06. The minimum atomic E-state index is 0. The molecular formula is C3H9N7O3. The van der Waals surface area contributed by atoms with Gasteiger partial charge in [-0.3, -0.25) is 0 Å². The molecule has 0 saturated heterocycles. The van der Waals surface area contributed by atoms with Crippen molar-refractivity contribution in [1.82, 2.24) is 6.15 Å². The van der Waals surface area contributed by atoms with Gasteiger partial charge in [-0.15, -0.1) is 0 Å². The third-order valence-electron chi connectivity index (χ3n) is 0.158. The van der Waals surface area contributed by atoms with Crippen LogP contribution in [0.1, 0.15) is 0 Å². The largest absolute Gasteiger partial charge is 0.344 e. The van der Waals surface area contributed by atoms with Crippen LogP contribution < -0.4 is 23.7 Å². The van der Waals surface area contributed by atoms with Gasteiger partial charge in [0.1, 0.15) is 0 Å². The SMILES string of the molecule is N.NN=C=O.NN=C=O.NN=C=O. The molecule has 0 aliphatic carbocycles. The molecule has 0 saturated carbocycles. The number of nitrogens with zero attached hydrogens (tertiary/aromatic N) is 3. The smallest absolute Gasteiger partial charge is 0.257 e. The minimum Gasteiger partial charge on any atom is -0.344 e. The molecule has 0 bridgehead atoms. The number of hydrazone groups is 3. The molecule has 0 spiro atoms. The fraction of sp³-hybridized carbons (Fsp3) is 0. The summed E-state index contributed by atoms with van der Waals surface area (Å²) in [6.45, 7) is 0. The Bertz CT molecular complexity index is 171. The summed E-state index contributed by atoms with van der Waals surface area (Å²) in [5.41, 5.74) is 0. The van der Waals surface area contributed by atoms with Crippen LogP contribution in [-0.2, 0) is 14.4 Å². The predicted octanol–water partition coefficient (Wildman–Crippen LogP) is -2.25. The van der Waals surface area contributed by atoms with Gasteiger partial charge in [-0.2, -0.15) is 0 Å². The Kier molecular flexibility index (Phi) is 96.7. The van der Waals surface area contributed by atoms with Crippen LogP contribution in [0.5, 0.6) is 0 Å². The van der Waals surface area contributed by atoms with Crippen molar-refractivity contribution in [2.75, 3.05) is 0 Å². The van der Waals surface area contributed by atoms with Crippen molar-refractivity contribution in [2.45, 2.75) is 0 Å². The number of isocyanates is 3. The first-order chi connectivity index (χ1) is 5.74. The van der Waals surface area contributed by atoms with E-state index >= 15 is 0 Å². The highest BCUT2D eigenvalue weighted by Crippen LogP contribution is 1.15. The Labute approximate surface area is 72.7 Å². The fourth-order valence-corrected chi connectivity index (χ4v) is 0. The van der Waals surface area contributed by atoms with Crippen LogP contribution in [-0.4, -0.2) is 18.2 Å². The average molecular weight is 191 g/mol. The summed E-state index contributed by atoms with van der Waals surface area (Å²) in [5, 5.41) is 7.29. The summed E-state index contributed by atoms with van der Waals surface area (Å²) in [6.07, 6.45) is 3.25. The molecule has 0 rings (SSSR count). The van der Waals surface area contributed by atoms with Gasteiger partial charge >= 0.3 is 0 Å². The summed E-state index contributed by atoms with van der Waals surface area (Å²) in [6, 6.07) is 0. The van der Waals surface area contributed by atoms with Crippen LogP contribution in [0.3, 0.4) is 0 Å². The molecule has 0 aliphatic heterocycles. The number of hydrogen-bond acceptors (Lipinski definition) is 10. The molecule has 10 nitrogen and oxygen atoms in total. The Morgan fingerprint density at radius 3 is 0.769 bits per heavy atom. The number of nitrogens with two attached hydrogens (primary N) is 3. The van der Waals surface area contributed by atoms with Crippen LogP contribution in [0.4, 0.5) is 0 Å². The van der Waals surface area contributed by atoms with Crippen LogP contribution >= 0.6 is 0 Å². The Morgan fingerprint density at radius 2 is 0.769 bits per heavy atom. The van der Waals surface area contributed by atoms with Crippen molar-refractivity contribution in [3.05, 3.63) is 0 Å². The van der Waals surface area contributed by atoms with Gasteiger partial charge in [0.25, 0.3) is 18.2 Å². The van der Waals surface area contributed by atoms with Crippen molar-refractivity contribution in [2.24, 2.45) is 32.8 Å². The zero-order valence-corrected chi connectivity index (χ0v) is 6.51. The highest BCUT2D eigenvalue weighted by atomic mass is 16.1. The molecule has 0 amide bonds. The molecule has 9 N–H and O–H groups in total. The fourth-order valence-electron chi connectivity index (χ4n) is 0. The molecule has 10 heteroatoms. The predicted molar refractivity (Wildman–Crippen MR) is 41.9 cm³/mol. The van der Waals surface area contributed by atoms with Crippen LogP contribution in [0.2, 0.25) is 0 Å². The van der Waals surface area contributed by atoms with E-state index < -0.39 is 0 Å². The summed E-state index contributed by atoms with van der Waals surface area (Å²) in [5.74, 6) is 12.7. The van der Waals surface area contributed by atoms with E-state index in [4.69, 9.17) is 14.4 Å². The van der Waals surface area contributed by atoms with Crippen molar-refractivity contribution in [3.8, 4) is 0 Å². The van der Waals surface area contributed by atoms with E-state index in [1.165, 1.54) is 0 Å². The van der Waals surface area contributed by atoms with E-state index in [1.54, 1.807) is 0 Å². The molecule has 0 unspecified atom stereocenters. The van der Waals surface area contributed by atoms with E-state index in [9.17, 15) is 0 Å². The summed E-state index contributed by atoms with van der Waals surface area (Å²) >= 11 is 0. The molecular weight excluding hydrogens is 182 g/mol. The lowest BCUT2D eigenvalue weighted by atomic mass is 11.6. The van der Waals surface area contributed by atoms with Crippen LogP contribution in [0.15, 0.2) is 15.3 Å². The Hall–Kier alpha value is -2.50. The van der Waals surface area contributed by atoms with Gasteiger partial charge in [0.15, 0.2) is 0 Å². The van der Waals surface area contributed by atoms with E-state index in [2.05, 4.69) is 32.8 Å². The van der Waals surface area contributed by atoms with E-state index in [0.29, 0.717) is 0 Å². The van der Waals surface area contributed by atoms with Crippen LogP contribution in [0, 0.1) is 0 Å². The average Bonchev–Trinajstić information content (AvgIpc) is 2.18. The zero-order chi connectivity index (χ0) is 10.2. The molecule has 0 heterocycles. The van der Waals surface area contributed by atoms with Crippen molar-refractivity contribution >= 4 is 18.2 Å². The molecule has 0 aliphatic rings. The minimum absolute atomic E-state index is 0. The molecule has 0 aromatic heterocycles. The Balaban J connectivity index is -0.0000000450. The molecule has 0 fully saturated rings. The molecule has 0 aromatic carbocycles. The number of hydrogen-bond donors (Lipinski definition) is 4. The quantitative estimate of drug-likeness (QED) is 0.143. The van der Waals surface area contributed by atoms with Crippen molar-refractivity contribution in [1.29, 1.82) is 0 Å². The lowest BCUT2D eigenvalue weighted by Gasteiger charge is -1.41. The molecule has 0 radical (unpaired) electrons. The normalized spacial score (nSPS) is 3.69. The van der Waals surface area contributed by atoms with E-state index in [0.717, 1.165) is 18.2 Å². The second-order valence-corrected chi connectivity index (χ2v) is 0.661. The third-order valence-corrected chi connectivity index (χ3v) is 0.158. The van der Waals surface area contributed by atoms with Gasteiger partial charge in [-0.1, -0.05) is 15.3 Å². The van der Waals surface area contributed by atoms with Gasteiger partial charge in [0.05, 0.1) is 0 Å². The molecule has 74 valence electrons. The molecule has 13 heavy (non-hydrogen) atoms. The highest BCUT2D eigenvalue weighted by Gasteiger charge is 1.28. The maximum Gasteiger partial charge on any atom is 0.257 e. The zero-order valence-electron chi connectivity index (χ0n) is 6.51.